The van der Waals surface area contributed by atoms with E-state index in [0.717, 1.165) is 17.0 Å². The molecule has 4 heteroatoms. The van der Waals surface area contributed by atoms with Crippen LogP contribution in [0.5, 0.6) is 11.5 Å². The maximum Gasteiger partial charge on any atom is 0.224 e. The molecule has 0 radical (unpaired) electrons. The Labute approximate surface area is 121 Å². The van der Waals surface area contributed by atoms with Gasteiger partial charge in [0.2, 0.25) is 5.91 Å². The van der Waals surface area contributed by atoms with Gasteiger partial charge in [-0.3, -0.25) is 4.79 Å². The molecule has 1 aromatic carbocycles. The van der Waals surface area contributed by atoms with E-state index >= 15 is 0 Å². The molecular formula is C16H25NO3. The highest BCUT2D eigenvalue weighted by molar-refractivity contribution is 5.91. The second-order valence-electron chi connectivity index (χ2n) is 5.13. The number of benzene rings is 1. The molecule has 0 fully saturated rings. The third-order valence-electron chi connectivity index (χ3n) is 2.71. The summed E-state index contributed by atoms with van der Waals surface area (Å²) in [6.45, 7) is 11.0. The maximum atomic E-state index is 11.8. The molecule has 0 aliphatic heterocycles. The molecule has 1 amide bonds. The molecular weight excluding hydrogens is 254 g/mol. The lowest BCUT2D eigenvalue weighted by molar-refractivity contribution is -0.116. The average molecular weight is 279 g/mol. The quantitative estimate of drug-likeness (QED) is 0.826. The summed E-state index contributed by atoms with van der Waals surface area (Å²) in [7, 11) is 0. The van der Waals surface area contributed by atoms with Gasteiger partial charge in [-0.05, 0) is 38.3 Å². The first-order valence-corrected chi connectivity index (χ1v) is 7.18. The average Bonchev–Trinajstić information content (AvgIpc) is 2.32. The Hall–Kier alpha value is -1.71. The molecule has 1 N–H and O–H groups in total. The Morgan fingerprint density at radius 2 is 1.85 bits per heavy atom. The molecule has 1 rings (SSSR count). The molecule has 112 valence electrons. The normalized spacial score (nSPS) is 10.5. The van der Waals surface area contributed by atoms with Gasteiger partial charge in [0.1, 0.15) is 0 Å². The second-order valence-corrected chi connectivity index (χ2v) is 5.13. The number of hydrogen-bond donors (Lipinski definition) is 1. The van der Waals surface area contributed by atoms with Crippen molar-refractivity contribution < 1.29 is 14.3 Å². The van der Waals surface area contributed by atoms with Gasteiger partial charge in [0.25, 0.3) is 0 Å². The number of amides is 1. The largest absolute Gasteiger partial charge is 0.490 e. The summed E-state index contributed by atoms with van der Waals surface area (Å²) in [5.41, 5.74) is 1.71. The summed E-state index contributed by atoms with van der Waals surface area (Å²) in [4.78, 5) is 11.8. The van der Waals surface area contributed by atoms with Crippen molar-refractivity contribution in [1.29, 1.82) is 0 Å². The number of carbonyl (C=O) groups is 1. The minimum absolute atomic E-state index is 0.0195. The van der Waals surface area contributed by atoms with Gasteiger partial charge >= 0.3 is 0 Å². The van der Waals surface area contributed by atoms with Crippen LogP contribution in [0.3, 0.4) is 0 Å². The van der Waals surface area contributed by atoms with Crippen LogP contribution >= 0.6 is 0 Å². The van der Waals surface area contributed by atoms with Gasteiger partial charge in [0.05, 0.1) is 13.2 Å². The second kappa shape index (κ2) is 7.78. The number of nitrogens with one attached hydrogen (secondary N) is 1. The van der Waals surface area contributed by atoms with E-state index in [-0.39, 0.29) is 5.91 Å². The molecule has 0 aromatic heterocycles. The summed E-state index contributed by atoms with van der Waals surface area (Å²) in [6, 6.07) is 3.73. The van der Waals surface area contributed by atoms with E-state index in [1.54, 1.807) is 0 Å². The SMILES string of the molecule is CCOc1cc(NC(=O)CC(C)C)cc(C)c1OCC. The molecule has 0 saturated heterocycles. The Morgan fingerprint density at radius 3 is 2.40 bits per heavy atom. The molecule has 0 bridgehead atoms. The third kappa shape index (κ3) is 4.76. The first-order chi connectivity index (χ1) is 9.47. The van der Waals surface area contributed by atoms with Crippen molar-refractivity contribution in [1.82, 2.24) is 0 Å². The molecule has 20 heavy (non-hydrogen) atoms. The Kier molecular flexibility index (Phi) is 6.36. The van der Waals surface area contributed by atoms with E-state index in [2.05, 4.69) is 5.32 Å². The highest BCUT2D eigenvalue weighted by Crippen LogP contribution is 2.34. The van der Waals surface area contributed by atoms with E-state index in [1.165, 1.54) is 0 Å². The highest BCUT2D eigenvalue weighted by atomic mass is 16.5. The zero-order valence-electron chi connectivity index (χ0n) is 13.1. The van der Waals surface area contributed by atoms with Crippen LogP contribution in [-0.4, -0.2) is 19.1 Å². The molecule has 0 unspecified atom stereocenters. The van der Waals surface area contributed by atoms with Crippen LogP contribution in [0.25, 0.3) is 0 Å². The molecule has 0 spiro atoms. The lowest BCUT2D eigenvalue weighted by Crippen LogP contribution is -2.14. The van der Waals surface area contributed by atoms with Crippen molar-refractivity contribution in [2.24, 2.45) is 5.92 Å². The number of aryl methyl sites for hydroxylation is 1. The van der Waals surface area contributed by atoms with Gasteiger partial charge in [-0.2, -0.15) is 0 Å². The minimum Gasteiger partial charge on any atom is -0.490 e. The smallest absolute Gasteiger partial charge is 0.224 e. The fraction of sp³-hybridized carbons (Fsp3) is 0.562. The maximum absolute atomic E-state index is 11.8. The van der Waals surface area contributed by atoms with Crippen LogP contribution in [0.4, 0.5) is 5.69 Å². The zero-order valence-corrected chi connectivity index (χ0v) is 13.1. The lowest BCUT2D eigenvalue weighted by atomic mass is 10.1. The van der Waals surface area contributed by atoms with Gasteiger partial charge in [-0.1, -0.05) is 13.8 Å². The standard InChI is InChI=1S/C16H25NO3/c1-6-19-14-10-13(17-15(18)8-11(3)4)9-12(5)16(14)20-7-2/h9-11H,6-8H2,1-5H3,(H,17,18). The van der Waals surface area contributed by atoms with E-state index in [9.17, 15) is 4.79 Å². The van der Waals surface area contributed by atoms with Crippen LogP contribution in [0.1, 0.15) is 39.7 Å². The first kappa shape index (κ1) is 16.3. The summed E-state index contributed by atoms with van der Waals surface area (Å²) in [5, 5.41) is 2.91. The Bertz CT molecular complexity index is 455. The summed E-state index contributed by atoms with van der Waals surface area (Å²) >= 11 is 0. The van der Waals surface area contributed by atoms with E-state index in [0.29, 0.717) is 31.3 Å². The van der Waals surface area contributed by atoms with Crippen molar-refractivity contribution in [2.75, 3.05) is 18.5 Å². The molecule has 0 atom stereocenters. The number of ether oxygens (including phenoxy) is 2. The molecule has 0 aliphatic carbocycles. The van der Waals surface area contributed by atoms with E-state index in [4.69, 9.17) is 9.47 Å². The zero-order chi connectivity index (χ0) is 15.1. The van der Waals surface area contributed by atoms with E-state index < -0.39 is 0 Å². The van der Waals surface area contributed by atoms with Gasteiger partial charge in [-0.15, -0.1) is 0 Å². The van der Waals surface area contributed by atoms with E-state index in [1.807, 2.05) is 46.8 Å². The summed E-state index contributed by atoms with van der Waals surface area (Å²) < 4.78 is 11.2. The predicted octanol–water partition coefficient (Wildman–Crippen LogP) is 3.78. The Balaban J connectivity index is 2.95. The van der Waals surface area contributed by atoms with Crippen molar-refractivity contribution in [3.8, 4) is 11.5 Å². The van der Waals surface area contributed by atoms with Crippen LogP contribution in [-0.2, 0) is 4.79 Å². The van der Waals surface area contributed by atoms with Gasteiger partial charge in [-0.25, -0.2) is 0 Å². The predicted molar refractivity (Wildman–Crippen MR) is 81.6 cm³/mol. The summed E-state index contributed by atoms with van der Waals surface area (Å²) in [6.07, 6.45) is 0.510. The minimum atomic E-state index is 0.0195. The van der Waals surface area contributed by atoms with Gasteiger partial charge in [0.15, 0.2) is 11.5 Å². The summed E-state index contributed by atoms with van der Waals surface area (Å²) in [5.74, 6) is 1.78. The van der Waals surface area contributed by atoms with Crippen molar-refractivity contribution in [3.05, 3.63) is 17.7 Å². The fourth-order valence-corrected chi connectivity index (χ4v) is 1.99. The third-order valence-corrected chi connectivity index (χ3v) is 2.71. The van der Waals surface area contributed by atoms with Crippen LogP contribution in [0.2, 0.25) is 0 Å². The van der Waals surface area contributed by atoms with Gasteiger partial charge < -0.3 is 14.8 Å². The van der Waals surface area contributed by atoms with Crippen LogP contribution < -0.4 is 14.8 Å². The van der Waals surface area contributed by atoms with Crippen LogP contribution in [0, 0.1) is 12.8 Å². The molecule has 0 aliphatic rings. The molecule has 0 heterocycles. The molecule has 4 nitrogen and oxygen atoms in total. The monoisotopic (exact) mass is 279 g/mol. The molecule has 0 saturated carbocycles. The number of hydrogen-bond acceptors (Lipinski definition) is 3. The topological polar surface area (TPSA) is 47.6 Å². The molecule has 1 aromatic rings. The number of rotatable bonds is 7. The van der Waals surface area contributed by atoms with Crippen molar-refractivity contribution in [2.45, 2.75) is 41.0 Å². The van der Waals surface area contributed by atoms with Crippen molar-refractivity contribution in [3.63, 3.8) is 0 Å². The van der Waals surface area contributed by atoms with Crippen LogP contribution in [0.15, 0.2) is 12.1 Å². The van der Waals surface area contributed by atoms with Gasteiger partial charge in [0, 0.05) is 18.2 Å². The highest BCUT2D eigenvalue weighted by Gasteiger charge is 2.12. The number of anilines is 1. The fourth-order valence-electron chi connectivity index (χ4n) is 1.99. The Morgan fingerprint density at radius 1 is 1.20 bits per heavy atom. The van der Waals surface area contributed by atoms with Crippen molar-refractivity contribution >= 4 is 11.6 Å². The first-order valence-electron chi connectivity index (χ1n) is 7.18. The lowest BCUT2D eigenvalue weighted by Gasteiger charge is -2.16. The number of carbonyl (C=O) groups excluding carboxylic acids is 1.